The van der Waals surface area contributed by atoms with Gasteiger partial charge in [0.15, 0.2) is 0 Å². The van der Waals surface area contributed by atoms with E-state index in [0.29, 0.717) is 18.0 Å². The summed E-state index contributed by atoms with van der Waals surface area (Å²) in [5, 5.41) is 0. The second-order valence-electron chi connectivity index (χ2n) is 7.91. The Kier molecular flexibility index (Phi) is 6.04. The lowest BCUT2D eigenvalue weighted by Crippen LogP contribution is -2.63. The van der Waals surface area contributed by atoms with Crippen LogP contribution >= 0.6 is 0 Å². The first kappa shape index (κ1) is 20.4. The Balaban J connectivity index is 1.68. The number of piperidine rings is 1. The van der Waals surface area contributed by atoms with Crippen LogP contribution in [0.4, 0.5) is 5.69 Å². The van der Waals surface area contributed by atoms with Crippen molar-refractivity contribution in [1.29, 1.82) is 0 Å². The molecule has 0 radical (unpaired) electrons. The Bertz CT molecular complexity index is 895. The Morgan fingerprint density at radius 2 is 1.70 bits per heavy atom. The third-order valence-corrected chi connectivity index (χ3v) is 5.93. The third kappa shape index (κ3) is 3.92. The van der Waals surface area contributed by atoms with Crippen LogP contribution < -0.4 is 9.64 Å². The smallest absolute Gasteiger partial charge is 0.360 e. The number of anilines is 1. The lowest BCUT2D eigenvalue weighted by atomic mass is 9.90. The molecule has 1 saturated heterocycles. The van der Waals surface area contributed by atoms with Gasteiger partial charge in [0, 0.05) is 19.5 Å². The number of amides is 1. The van der Waals surface area contributed by atoms with Gasteiger partial charge in [0.1, 0.15) is 5.75 Å². The van der Waals surface area contributed by atoms with E-state index in [2.05, 4.69) is 4.90 Å². The number of ether oxygens (including phenoxy) is 2. The SMILES string of the molecule is COC(=O)C1(Cc2ccccc2)Oc2ccccc2N(CCN2CCCCC2)C1=O. The molecule has 2 aromatic rings. The Hall–Kier alpha value is -2.86. The molecular weight excluding hydrogens is 380 g/mol. The van der Waals surface area contributed by atoms with Crippen molar-refractivity contribution in [3.05, 3.63) is 60.2 Å². The second kappa shape index (κ2) is 8.88. The van der Waals surface area contributed by atoms with Gasteiger partial charge in [-0.3, -0.25) is 4.79 Å². The van der Waals surface area contributed by atoms with E-state index in [1.807, 2.05) is 48.5 Å². The molecular formula is C24H28N2O4. The maximum Gasteiger partial charge on any atom is 0.360 e. The Morgan fingerprint density at radius 3 is 2.43 bits per heavy atom. The van der Waals surface area contributed by atoms with E-state index in [4.69, 9.17) is 9.47 Å². The summed E-state index contributed by atoms with van der Waals surface area (Å²) < 4.78 is 11.2. The minimum absolute atomic E-state index is 0.119. The number of likely N-dealkylation sites (tertiary alicyclic amines) is 1. The molecule has 0 bridgehead atoms. The topological polar surface area (TPSA) is 59.1 Å². The number of carbonyl (C=O) groups is 2. The van der Waals surface area contributed by atoms with Crippen LogP contribution in [0, 0.1) is 0 Å². The molecule has 6 nitrogen and oxygen atoms in total. The van der Waals surface area contributed by atoms with Crippen LogP contribution in [0.3, 0.4) is 0 Å². The number of para-hydroxylation sites is 2. The fourth-order valence-electron chi connectivity index (χ4n) is 4.33. The molecule has 1 atom stereocenters. The van der Waals surface area contributed by atoms with Crippen LogP contribution in [-0.4, -0.2) is 55.7 Å². The number of hydrogen-bond acceptors (Lipinski definition) is 5. The molecule has 2 aliphatic rings. The minimum atomic E-state index is -1.73. The van der Waals surface area contributed by atoms with E-state index in [1.54, 1.807) is 11.0 Å². The molecule has 0 N–H and O–H groups in total. The zero-order valence-electron chi connectivity index (χ0n) is 17.4. The van der Waals surface area contributed by atoms with Crippen molar-refractivity contribution in [1.82, 2.24) is 4.90 Å². The van der Waals surface area contributed by atoms with Crippen molar-refractivity contribution in [2.45, 2.75) is 31.3 Å². The number of esters is 1. The maximum atomic E-state index is 13.8. The van der Waals surface area contributed by atoms with Crippen LogP contribution in [-0.2, 0) is 20.7 Å². The number of carbonyl (C=O) groups excluding carboxylic acids is 2. The molecule has 2 heterocycles. The van der Waals surface area contributed by atoms with Crippen LogP contribution in [0.5, 0.6) is 5.75 Å². The molecule has 2 aliphatic heterocycles. The molecule has 6 heteroatoms. The summed E-state index contributed by atoms with van der Waals surface area (Å²) in [5.41, 5.74) is -0.189. The highest BCUT2D eigenvalue weighted by atomic mass is 16.6. The van der Waals surface area contributed by atoms with Gasteiger partial charge in [-0.25, -0.2) is 4.79 Å². The highest BCUT2D eigenvalue weighted by molar-refractivity contribution is 6.15. The van der Waals surface area contributed by atoms with E-state index >= 15 is 0 Å². The molecule has 0 spiro atoms. The molecule has 1 amide bonds. The predicted molar refractivity (Wildman–Crippen MR) is 115 cm³/mol. The van der Waals surface area contributed by atoms with E-state index in [-0.39, 0.29) is 12.3 Å². The van der Waals surface area contributed by atoms with Crippen molar-refractivity contribution < 1.29 is 19.1 Å². The lowest BCUT2D eigenvalue weighted by molar-refractivity contribution is -0.165. The Morgan fingerprint density at radius 1 is 1.00 bits per heavy atom. The first-order chi connectivity index (χ1) is 14.6. The monoisotopic (exact) mass is 408 g/mol. The summed E-state index contributed by atoms with van der Waals surface area (Å²) in [6.07, 6.45) is 3.76. The second-order valence-corrected chi connectivity index (χ2v) is 7.91. The van der Waals surface area contributed by atoms with E-state index in [1.165, 1.54) is 26.4 Å². The summed E-state index contributed by atoms with van der Waals surface area (Å²) in [4.78, 5) is 30.8. The quantitative estimate of drug-likeness (QED) is 0.543. The zero-order chi connectivity index (χ0) is 21.0. The van der Waals surface area contributed by atoms with Crippen molar-refractivity contribution in [3.63, 3.8) is 0 Å². The van der Waals surface area contributed by atoms with E-state index in [0.717, 1.165) is 25.2 Å². The maximum absolute atomic E-state index is 13.8. The molecule has 0 aliphatic carbocycles. The largest absolute Gasteiger partial charge is 0.466 e. The summed E-state index contributed by atoms with van der Waals surface area (Å²) >= 11 is 0. The number of nitrogens with zero attached hydrogens (tertiary/aromatic N) is 2. The van der Waals surface area contributed by atoms with Gasteiger partial charge in [0.2, 0.25) is 0 Å². The number of methoxy groups -OCH3 is 1. The molecule has 1 fully saturated rings. The van der Waals surface area contributed by atoms with E-state index in [9.17, 15) is 9.59 Å². The number of fused-ring (bicyclic) bond motifs is 1. The summed E-state index contributed by atoms with van der Waals surface area (Å²) in [6.45, 7) is 3.37. The molecule has 1 unspecified atom stereocenters. The van der Waals surface area contributed by atoms with Gasteiger partial charge in [-0.15, -0.1) is 0 Å². The standard InChI is InChI=1S/C24H28N2O4/c1-29-23(28)24(18-19-10-4-2-5-11-19)22(27)26(17-16-25-14-8-3-9-15-25)20-12-6-7-13-21(20)30-24/h2,4-7,10-13H,3,8-9,14-18H2,1H3. The molecule has 158 valence electrons. The number of benzene rings is 2. The van der Waals surface area contributed by atoms with Gasteiger partial charge in [0.05, 0.1) is 12.8 Å². The summed E-state index contributed by atoms with van der Waals surface area (Å²) in [7, 11) is 1.30. The minimum Gasteiger partial charge on any atom is -0.466 e. The highest BCUT2D eigenvalue weighted by Crippen LogP contribution is 2.39. The van der Waals surface area contributed by atoms with E-state index < -0.39 is 11.6 Å². The average Bonchev–Trinajstić information content (AvgIpc) is 2.80. The molecule has 4 rings (SSSR count). The molecule has 30 heavy (non-hydrogen) atoms. The van der Waals surface area contributed by atoms with Gasteiger partial charge in [0.25, 0.3) is 11.5 Å². The van der Waals surface area contributed by atoms with Crippen molar-refractivity contribution in [3.8, 4) is 5.75 Å². The van der Waals surface area contributed by atoms with Crippen LogP contribution in [0.25, 0.3) is 0 Å². The fraction of sp³-hybridized carbons (Fsp3) is 0.417. The van der Waals surface area contributed by atoms with Gasteiger partial charge in [-0.1, -0.05) is 48.9 Å². The molecule has 0 saturated carbocycles. The average molecular weight is 408 g/mol. The van der Waals surface area contributed by atoms with Crippen LogP contribution in [0.15, 0.2) is 54.6 Å². The number of rotatable bonds is 6. The zero-order valence-corrected chi connectivity index (χ0v) is 17.4. The third-order valence-electron chi connectivity index (χ3n) is 5.93. The lowest BCUT2D eigenvalue weighted by Gasteiger charge is -2.41. The van der Waals surface area contributed by atoms with Gasteiger partial charge in [-0.2, -0.15) is 0 Å². The van der Waals surface area contributed by atoms with Crippen molar-refractivity contribution >= 4 is 17.6 Å². The predicted octanol–water partition coefficient (Wildman–Crippen LogP) is 3.05. The fourth-order valence-corrected chi connectivity index (χ4v) is 4.33. The summed E-state index contributed by atoms with van der Waals surface area (Å²) in [5.74, 6) is -0.514. The van der Waals surface area contributed by atoms with Crippen molar-refractivity contribution in [2.24, 2.45) is 0 Å². The van der Waals surface area contributed by atoms with Crippen LogP contribution in [0.1, 0.15) is 24.8 Å². The van der Waals surface area contributed by atoms with Crippen LogP contribution in [0.2, 0.25) is 0 Å². The Labute approximate surface area is 177 Å². The van der Waals surface area contributed by atoms with Gasteiger partial charge >= 0.3 is 5.97 Å². The van der Waals surface area contributed by atoms with Gasteiger partial charge in [-0.05, 0) is 43.6 Å². The first-order valence-corrected chi connectivity index (χ1v) is 10.6. The first-order valence-electron chi connectivity index (χ1n) is 10.6. The summed E-state index contributed by atoms with van der Waals surface area (Å²) in [6, 6.07) is 16.8. The molecule has 0 aromatic heterocycles. The molecule has 2 aromatic carbocycles. The van der Waals surface area contributed by atoms with Gasteiger partial charge < -0.3 is 19.3 Å². The highest BCUT2D eigenvalue weighted by Gasteiger charge is 2.55. The number of hydrogen-bond donors (Lipinski definition) is 0. The normalized spacial score (nSPS) is 21.6. The van der Waals surface area contributed by atoms with Crippen molar-refractivity contribution in [2.75, 3.05) is 38.2 Å².